The lowest BCUT2D eigenvalue weighted by Crippen LogP contribution is -2.28. The maximum atomic E-state index is 12.2. The normalized spacial score (nSPS) is 12.2. The molecule has 106 valence electrons. The second-order valence-electron chi connectivity index (χ2n) is 4.76. The number of hydrogen-bond acceptors (Lipinski definition) is 3. The van der Waals surface area contributed by atoms with Gasteiger partial charge in [0, 0.05) is 11.9 Å². The van der Waals surface area contributed by atoms with E-state index in [4.69, 9.17) is 0 Å². The molecular formula is C15H19N3OS. The summed E-state index contributed by atoms with van der Waals surface area (Å²) in [7, 11) is 1.78. The number of amides is 1. The smallest absolute Gasteiger partial charge is 0.270 e. The molecule has 1 aromatic carbocycles. The van der Waals surface area contributed by atoms with Crippen molar-refractivity contribution in [3.63, 3.8) is 0 Å². The molecule has 0 spiro atoms. The number of carbonyl (C=O) groups excluding carboxylic acids is 1. The zero-order valence-corrected chi connectivity index (χ0v) is 13.0. The molecule has 5 heteroatoms. The summed E-state index contributed by atoms with van der Waals surface area (Å²) >= 11 is 1.71. The Hall–Kier alpha value is -1.75. The van der Waals surface area contributed by atoms with Crippen molar-refractivity contribution < 1.29 is 4.79 Å². The summed E-state index contributed by atoms with van der Waals surface area (Å²) in [4.78, 5) is 13.4. The molecule has 4 nitrogen and oxygen atoms in total. The van der Waals surface area contributed by atoms with Crippen LogP contribution in [0.5, 0.6) is 0 Å². The average Bonchev–Trinajstić information content (AvgIpc) is 2.78. The molecule has 0 aliphatic rings. The Bertz CT molecular complexity index is 604. The van der Waals surface area contributed by atoms with E-state index in [9.17, 15) is 4.79 Å². The molecule has 0 fully saturated rings. The van der Waals surface area contributed by atoms with Gasteiger partial charge in [0.05, 0.1) is 11.7 Å². The Kier molecular flexibility index (Phi) is 4.49. The van der Waals surface area contributed by atoms with Gasteiger partial charge in [-0.1, -0.05) is 12.1 Å². The first-order valence-corrected chi connectivity index (χ1v) is 7.69. The molecule has 0 unspecified atom stereocenters. The highest BCUT2D eigenvalue weighted by Crippen LogP contribution is 2.19. The lowest BCUT2D eigenvalue weighted by atomic mass is 10.1. The topological polar surface area (TPSA) is 46.9 Å². The molecule has 0 saturated carbocycles. The molecule has 0 radical (unpaired) electrons. The largest absolute Gasteiger partial charge is 0.344 e. The molecule has 20 heavy (non-hydrogen) atoms. The Morgan fingerprint density at radius 3 is 2.50 bits per heavy atom. The first kappa shape index (κ1) is 14.7. The molecule has 0 bridgehead atoms. The van der Waals surface area contributed by atoms with Crippen LogP contribution in [0.25, 0.3) is 0 Å². The van der Waals surface area contributed by atoms with Crippen LogP contribution in [0.4, 0.5) is 0 Å². The van der Waals surface area contributed by atoms with E-state index in [1.54, 1.807) is 29.6 Å². The van der Waals surface area contributed by atoms with E-state index < -0.39 is 0 Å². The standard InChI is InChI=1S/C15H19N3OS/c1-10-9-14(18(3)17-10)15(19)16-11(2)12-5-7-13(20-4)8-6-12/h5-9,11H,1-4H3,(H,16,19)/t11-/m0/s1. The van der Waals surface area contributed by atoms with Crippen LogP contribution in [0.15, 0.2) is 35.2 Å². The van der Waals surface area contributed by atoms with Gasteiger partial charge in [0.1, 0.15) is 5.69 Å². The predicted molar refractivity (Wildman–Crippen MR) is 82.0 cm³/mol. The van der Waals surface area contributed by atoms with Crippen LogP contribution in [-0.4, -0.2) is 21.9 Å². The van der Waals surface area contributed by atoms with E-state index in [2.05, 4.69) is 22.5 Å². The summed E-state index contributed by atoms with van der Waals surface area (Å²) in [5, 5.41) is 7.19. The highest BCUT2D eigenvalue weighted by molar-refractivity contribution is 7.98. The molecule has 1 heterocycles. The minimum atomic E-state index is -0.102. The molecule has 1 N–H and O–H groups in total. The van der Waals surface area contributed by atoms with Crippen molar-refractivity contribution in [2.24, 2.45) is 7.05 Å². The lowest BCUT2D eigenvalue weighted by molar-refractivity contribution is 0.0930. The van der Waals surface area contributed by atoms with E-state index in [1.165, 1.54) is 4.90 Å². The van der Waals surface area contributed by atoms with Gasteiger partial charge in [-0.3, -0.25) is 9.48 Å². The Morgan fingerprint density at radius 2 is 2.00 bits per heavy atom. The summed E-state index contributed by atoms with van der Waals surface area (Å²) in [5.74, 6) is -0.102. The molecule has 2 aromatic rings. The van der Waals surface area contributed by atoms with Crippen molar-refractivity contribution in [2.45, 2.75) is 24.8 Å². The summed E-state index contributed by atoms with van der Waals surface area (Å²) in [6.07, 6.45) is 2.05. The number of rotatable bonds is 4. The number of aryl methyl sites for hydroxylation is 2. The number of nitrogens with zero attached hydrogens (tertiary/aromatic N) is 2. The summed E-state index contributed by atoms with van der Waals surface area (Å²) in [6, 6.07) is 9.98. The van der Waals surface area contributed by atoms with E-state index in [1.807, 2.05) is 32.2 Å². The SMILES string of the molecule is CSc1ccc([C@H](C)NC(=O)c2cc(C)nn2C)cc1. The highest BCUT2D eigenvalue weighted by atomic mass is 32.2. The van der Waals surface area contributed by atoms with Crippen molar-refractivity contribution in [3.8, 4) is 0 Å². The number of nitrogens with one attached hydrogen (secondary N) is 1. The Labute approximate surface area is 123 Å². The van der Waals surface area contributed by atoms with Crippen LogP contribution in [-0.2, 0) is 7.05 Å². The van der Waals surface area contributed by atoms with Crippen molar-refractivity contribution in [1.82, 2.24) is 15.1 Å². The quantitative estimate of drug-likeness (QED) is 0.880. The third-order valence-corrected chi connectivity index (χ3v) is 3.94. The molecule has 1 atom stereocenters. The van der Waals surface area contributed by atoms with Gasteiger partial charge in [-0.25, -0.2) is 0 Å². The Balaban J connectivity index is 2.08. The van der Waals surface area contributed by atoms with Crippen LogP contribution in [0, 0.1) is 6.92 Å². The zero-order chi connectivity index (χ0) is 14.7. The lowest BCUT2D eigenvalue weighted by Gasteiger charge is -2.14. The number of aromatic nitrogens is 2. The summed E-state index contributed by atoms with van der Waals surface area (Å²) in [6.45, 7) is 3.86. The van der Waals surface area contributed by atoms with Gasteiger partial charge in [0.2, 0.25) is 0 Å². The third-order valence-electron chi connectivity index (χ3n) is 3.20. The fourth-order valence-corrected chi connectivity index (χ4v) is 2.48. The number of hydrogen-bond donors (Lipinski definition) is 1. The number of thioether (sulfide) groups is 1. The average molecular weight is 289 g/mol. The Morgan fingerprint density at radius 1 is 1.35 bits per heavy atom. The zero-order valence-electron chi connectivity index (χ0n) is 12.2. The van der Waals surface area contributed by atoms with Gasteiger partial charge in [-0.2, -0.15) is 5.10 Å². The van der Waals surface area contributed by atoms with Crippen molar-refractivity contribution in [1.29, 1.82) is 0 Å². The molecule has 1 aromatic heterocycles. The highest BCUT2D eigenvalue weighted by Gasteiger charge is 2.15. The van der Waals surface area contributed by atoms with Gasteiger partial charge in [0.25, 0.3) is 5.91 Å². The van der Waals surface area contributed by atoms with E-state index in [0.717, 1.165) is 11.3 Å². The molecule has 2 rings (SSSR count). The fraction of sp³-hybridized carbons (Fsp3) is 0.333. The van der Waals surface area contributed by atoms with E-state index >= 15 is 0 Å². The second kappa shape index (κ2) is 6.13. The maximum absolute atomic E-state index is 12.2. The van der Waals surface area contributed by atoms with Gasteiger partial charge < -0.3 is 5.32 Å². The van der Waals surface area contributed by atoms with Gasteiger partial charge in [-0.05, 0) is 43.9 Å². The van der Waals surface area contributed by atoms with Crippen LogP contribution >= 0.6 is 11.8 Å². The second-order valence-corrected chi connectivity index (χ2v) is 5.64. The van der Waals surface area contributed by atoms with Gasteiger partial charge in [0.15, 0.2) is 0 Å². The molecular weight excluding hydrogens is 270 g/mol. The minimum Gasteiger partial charge on any atom is -0.344 e. The predicted octanol–water partition coefficient (Wildman–Crippen LogP) is 2.94. The number of carbonyl (C=O) groups is 1. The van der Waals surface area contributed by atoms with E-state index in [-0.39, 0.29) is 11.9 Å². The molecule has 1 amide bonds. The number of benzene rings is 1. The van der Waals surface area contributed by atoms with Crippen LogP contribution < -0.4 is 5.32 Å². The third kappa shape index (κ3) is 3.22. The first-order chi connectivity index (χ1) is 9.51. The van der Waals surface area contributed by atoms with Crippen molar-refractivity contribution >= 4 is 17.7 Å². The van der Waals surface area contributed by atoms with Crippen LogP contribution in [0.3, 0.4) is 0 Å². The van der Waals surface area contributed by atoms with Gasteiger partial charge >= 0.3 is 0 Å². The molecule has 0 saturated heterocycles. The monoisotopic (exact) mass is 289 g/mol. The summed E-state index contributed by atoms with van der Waals surface area (Å²) < 4.78 is 1.61. The van der Waals surface area contributed by atoms with Gasteiger partial charge in [-0.15, -0.1) is 11.8 Å². The fourth-order valence-electron chi connectivity index (χ4n) is 2.07. The van der Waals surface area contributed by atoms with Crippen LogP contribution in [0.2, 0.25) is 0 Å². The minimum absolute atomic E-state index is 0.0337. The van der Waals surface area contributed by atoms with Crippen molar-refractivity contribution in [2.75, 3.05) is 6.26 Å². The first-order valence-electron chi connectivity index (χ1n) is 6.46. The summed E-state index contributed by atoms with van der Waals surface area (Å²) in [5.41, 5.74) is 2.51. The van der Waals surface area contributed by atoms with Crippen LogP contribution in [0.1, 0.15) is 34.7 Å². The molecule has 0 aliphatic carbocycles. The van der Waals surface area contributed by atoms with Crippen molar-refractivity contribution in [3.05, 3.63) is 47.3 Å². The maximum Gasteiger partial charge on any atom is 0.270 e. The van der Waals surface area contributed by atoms with E-state index in [0.29, 0.717) is 5.69 Å². The molecule has 0 aliphatic heterocycles.